The van der Waals surface area contributed by atoms with Gasteiger partial charge in [0.25, 0.3) is 5.69 Å². The molecule has 96 valence electrons. The maximum absolute atomic E-state index is 12.8. The monoisotopic (exact) mass is 260 g/mol. The number of hydrogen-bond donors (Lipinski definition) is 1. The van der Waals surface area contributed by atoms with Crippen molar-refractivity contribution in [1.29, 1.82) is 0 Å². The fraction of sp³-hybridized carbons (Fsp3) is 0. The second kappa shape index (κ2) is 4.85. The molecule has 0 aromatic heterocycles. The molecule has 0 bridgehead atoms. The molecule has 0 heterocycles. The van der Waals surface area contributed by atoms with E-state index in [-0.39, 0.29) is 11.3 Å². The van der Waals surface area contributed by atoms with Crippen molar-refractivity contribution in [2.45, 2.75) is 0 Å². The van der Waals surface area contributed by atoms with Crippen molar-refractivity contribution in [1.82, 2.24) is 0 Å². The molecule has 0 fully saturated rings. The van der Waals surface area contributed by atoms with E-state index in [4.69, 9.17) is 5.73 Å². The minimum Gasteiger partial charge on any atom is -0.366 e. The lowest BCUT2D eigenvalue weighted by Gasteiger charge is -2.04. The van der Waals surface area contributed by atoms with E-state index in [0.717, 1.165) is 6.07 Å². The maximum atomic E-state index is 12.8. The minimum atomic E-state index is -0.757. The summed E-state index contributed by atoms with van der Waals surface area (Å²) in [4.78, 5) is 21.3. The highest BCUT2D eigenvalue weighted by Crippen LogP contribution is 2.26. The van der Waals surface area contributed by atoms with E-state index in [1.54, 1.807) is 0 Å². The summed E-state index contributed by atoms with van der Waals surface area (Å²) in [5.41, 5.74) is 5.92. The van der Waals surface area contributed by atoms with Gasteiger partial charge in [-0.15, -0.1) is 0 Å². The Bertz CT molecular complexity index is 621. The zero-order chi connectivity index (χ0) is 14.0. The largest absolute Gasteiger partial charge is 0.366 e. The molecule has 0 saturated heterocycles. The van der Waals surface area contributed by atoms with Gasteiger partial charge in [0.05, 0.1) is 4.92 Å². The molecule has 2 aromatic carbocycles. The summed E-state index contributed by atoms with van der Waals surface area (Å²) in [6, 6.07) is 9.26. The molecule has 0 saturated carbocycles. The lowest BCUT2D eigenvalue weighted by atomic mass is 10.0. The maximum Gasteiger partial charge on any atom is 0.270 e. The molecule has 0 atom stereocenters. The van der Waals surface area contributed by atoms with Crippen molar-refractivity contribution < 1.29 is 14.1 Å². The van der Waals surface area contributed by atoms with Gasteiger partial charge in [0.1, 0.15) is 5.82 Å². The molecule has 5 nitrogen and oxygen atoms in total. The number of hydrogen-bond acceptors (Lipinski definition) is 3. The fourth-order valence-electron chi connectivity index (χ4n) is 1.67. The van der Waals surface area contributed by atoms with Gasteiger partial charge in [0.15, 0.2) is 0 Å². The van der Waals surface area contributed by atoms with Gasteiger partial charge < -0.3 is 5.73 Å². The Labute approximate surface area is 107 Å². The number of nitrogens with zero attached hydrogens (tertiary/aromatic N) is 1. The van der Waals surface area contributed by atoms with Crippen LogP contribution in [0.4, 0.5) is 10.1 Å². The number of rotatable bonds is 3. The number of primary amides is 1. The van der Waals surface area contributed by atoms with Crippen LogP contribution in [-0.2, 0) is 0 Å². The van der Waals surface area contributed by atoms with Crippen molar-refractivity contribution in [2.75, 3.05) is 0 Å². The normalized spacial score (nSPS) is 10.2. The van der Waals surface area contributed by atoms with Crippen molar-refractivity contribution in [2.24, 2.45) is 5.73 Å². The minimum absolute atomic E-state index is 0.0357. The van der Waals surface area contributed by atoms with E-state index in [9.17, 15) is 19.3 Å². The molecule has 6 heteroatoms. The number of carbonyl (C=O) groups excluding carboxylic acids is 1. The SMILES string of the molecule is NC(=O)c1cc(-c2ccc(F)cc2)cc([N+](=O)[O-])c1. The van der Waals surface area contributed by atoms with Crippen LogP contribution in [-0.4, -0.2) is 10.8 Å². The van der Waals surface area contributed by atoms with Crippen LogP contribution in [0.2, 0.25) is 0 Å². The zero-order valence-electron chi connectivity index (χ0n) is 9.67. The summed E-state index contributed by atoms with van der Waals surface area (Å²) in [6.45, 7) is 0. The zero-order valence-corrected chi connectivity index (χ0v) is 9.67. The number of amides is 1. The smallest absolute Gasteiger partial charge is 0.270 e. The number of benzene rings is 2. The Hall–Kier alpha value is -2.76. The molecule has 2 N–H and O–H groups in total. The van der Waals surface area contributed by atoms with Crippen molar-refractivity contribution in [3.8, 4) is 11.1 Å². The number of carbonyl (C=O) groups is 1. The molecule has 2 aromatic rings. The number of nitrogens with two attached hydrogens (primary N) is 1. The Morgan fingerprint density at radius 1 is 1.11 bits per heavy atom. The van der Waals surface area contributed by atoms with E-state index < -0.39 is 16.6 Å². The van der Waals surface area contributed by atoms with Crippen LogP contribution in [0.5, 0.6) is 0 Å². The third kappa shape index (κ3) is 2.74. The lowest BCUT2D eigenvalue weighted by molar-refractivity contribution is -0.384. The third-order valence-corrected chi connectivity index (χ3v) is 2.59. The Morgan fingerprint density at radius 2 is 1.74 bits per heavy atom. The molecule has 0 aliphatic heterocycles. The average molecular weight is 260 g/mol. The molecular formula is C13H9FN2O3. The summed E-state index contributed by atoms with van der Waals surface area (Å²) < 4.78 is 12.8. The molecule has 0 radical (unpaired) electrons. The first-order valence-corrected chi connectivity index (χ1v) is 5.32. The summed E-state index contributed by atoms with van der Waals surface area (Å²) in [5, 5.41) is 10.8. The Balaban J connectivity index is 2.59. The molecule has 2 rings (SSSR count). The highest BCUT2D eigenvalue weighted by Gasteiger charge is 2.13. The lowest BCUT2D eigenvalue weighted by Crippen LogP contribution is -2.11. The van der Waals surface area contributed by atoms with Gasteiger partial charge in [-0.2, -0.15) is 0 Å². The molecule has 0 aliphatic carbocycles. The van der Waals surface area contributed by atoms with Gasteiger partial charge in [-0.3, -0.25) is 14.9 Å². The highest BCUT2D eigenvalue weighted by molar-refractivity contribution is 5.95. The van der Waals surface area contributed by atoms with Crippen LogP contribution in [0.1, 0.15) is 10.4 Å². The fourth-order valence-corrected chi connectivity index (χ4v) is 1.67. The predicted octanol–water partition coefficient (Wildman–Crippen LogP) is 2.50. The van der Waals surface area contributed by atoms with Gasteiger partial charge in [-0.1, -0.05) is 12.1 Å². The van der Waals surface area contributed by atoms with Crippen LogP contribution in [0, 0.1) is 15.9 Å². The van der Waals surface area contributed by atoms with Crippen LogP contribution >= 0.6 is 0 Å². The van der Waals surface area contributed by atoms with Crippen molar-refractivity contribution in [3.63, 3.8) is 0 Å². The molecule has 1 amide bonds. The second-order valence-corrected chi connectivity index (χ2v) is 3.90. The van der Waals surface area contributed by atoms with Gasteiger partial charge in [0, 0.05) is 17.7 Å². The third-order valence-electron chi connectivity index (χ3n) is 2.59. The van der Waals surface area contributed by atoms with Gasteiger partial charge >= 0.3 is 0 Å². The van der Waals surface area contributed by atoms with Crippen LogP contribution in [0.15, 0.2) is 42.5 Å². The van der Waals surface area contributed by atoms with Gasteiger partial charge in [-0.05, 0) is 29.3 Å². The summed E-state index contributed by atoms with van der Waals surface area (Å²) in [7, 11) is 0. The first-order chi connectivity index (χ1) is 8.97. The highest BCUT2D eigenvalue weighted by atomic mass is 19.1. The van der Waals surface area contributed by atoms with Crippen LogP contribution in [0.3, 0.4) is 0 Å². The number of non-ortho nitro benzene ring substituents is 1. The topological polar surface area (TPSA) is 86.2 Å². The predicted molar refractivity (Wildman–Crippen MR) is 67.0 cm³/mol. The summed E-state index contributed by atoms with van der Waals surface area (Å²) in [5.74, 6) is -1.17. The van der Waals surface area contributed by atoms with Crippen LogP contribution in [0.25, 0.3) is 11.1 Å². The molecule has 0 unspecified atom stereocenters. The number of nitro benzene ring substituents is 1. The number of nitro groups is 1. The van der Waals surface area contributed by atoms with Crippen molar-refractivity contribution in [3.05, 3.63) is 64.0 Å². The molecule has 0 spiro atoms. The average Bonchev–Trinajstić information content (AvgIpc) is 2.39. The summed E-state index contributed by atoms with van der Waals surface area (Å²) in [6.07, 6.45) is 0. The van der Waals surface area contributed by atoms with Gasteiger partial charge in [0.2, 0.25) is 5.91 Å². The Kier molecular flexibility index (Phi) is 3.24. The van der Waals surface area contributed by atoms with E-state index in [2.05, 4.69) is 0 Å². The van der Waals surface area contributed by atoms with Gasteiger partial charge in [-0.25, -0.2) is 4.39 Å². The quantitative estimate of drug-likeness (QED) is 0.679. The van der Waals surface area contributed by atoms with Crippen molar-refractivity contribution >= 4 is 11.6 Å². The number of halogens is 1. The van der Waals surface area contributed by atoms with E-state index >= 15 is 0 Å². The van der Waals surface area contributed by atoms with E-state index in [0.29, 0.717) is 11.1 Å². The first-order valence-electron chi connectivity index (χ1n) is 5.32. The second-order valence-electron chi connectivity index (χ2n) is 3.90. The summed E-state index contributed by atoms with van der Waals surface area (Å²) >= 11 is 0. The molecular weight excluding hydrogens is 251 g/mol. The van der Waals surface area contributed by atoms with E-state index in [1.807, 2.05) is 0 Å². The molecule has 0 aliphatic rings. The molecule has 19 heavy (non-hydrogen) atoms. The standard InChI is InChI=1S/C13H9FN2O3/c14-11-3-1-8(2-4-11)9-5-10(13(15)17)7-12(6-9)16(18)19/h1-7H,(H2,15,17). The van der Waals surface area contributed by atoms with Crippen LogP contribution < -0.4 is 5.73 Å². The first kappa shape index (κ1) is 12.7. The van der Waals surface area contributed by atoms with E-state index in [1.165, 1.54) is 36.4 Å². The Morgan fingerprint density at radius 3 is 2.26 bits per heavy atom.